The maximum absolute atomic E-state index is 11.8. The SMILES string of the molecule is CS(=O)(=O)c1ccc(N2CCCC2c2cccc3ccccc23)c([N+](=O)[O-])c1. The van der Waals surface area contributed by atoms with Crippen LogP contribution in [-0.2, 0) is 9.84 Å². The van der Waals surface area contributed by atoms with Crippen LogP contribution in [0, 0.1) is 10.1 Å². The number of nitro groups is 1. The van der Waals surface area contributed by atoms with Gasteiger partial charge < -0.3 is 4.90 Å². The summed E-state index contributed by atoms with van der Waals surface area (Å²) in [7, 11) is -3.52. The Balaban J connectivity index is 1.84. The zero-order chi connectivity index (χ0) is 19.9. The third-order valence-corrected chi connectivity index (χ3v) is 6.43. The summed E-state index contributed by atoms with van der Waals surface area (Å²) in [5, 5.41) is 14.0. The average molecular weight is 396 g/mol. The first-order chi connectivity index (χ1) is 13.4. The minimum Gasteiger partial charge on any atom is -0.359 e. The summed E-state index contributed by atoms with van der Waals surface area (Å²) < 4.78 is 23.7. The van der Waals surface area contributed by atoms with Crippen molar-refractivity contribution in [3.63, 3.8) is 0 Å². The minimum absolute atomic E-state index is 0.00823. The van der Waals surface area contributed by atoms with E-state index in [0.717, 1.165) is 35.4 Å². The fourth-order valence-electron chi connectivity index (χ4n) is 4.04. The van der Waals surface area contributed by atoms with Crippen LogP contribution in [0.3, 0.4) is 0 Å². The van der Waals surface area contributed by atoms with E-state index >= 15 is 0 Å². The van der Waals surface area contributed by atoms with E-state index in [9.17, 15) is 18.5 Å². The van der Waals surface area contributed by atoms with Crippen LogP contribution in [0.4, 0.5) is 11.4 Å². The summed E-state index contributed by atoms with van der Waals surface area (Å²) in [6.07, 6.45) is 2.86. The quantitative estimate of drug-likeness (QED) is 0.479. The van der Waals surface area contributed by atoms with Crippen molar-refractivity contribution in [3.05, 3.63) is 76.3 Å². The lowest BCUT2D eigenvalue weighted by Gasteiger charge is -2.28. The van der Waals surface area contributed by atoms with E-state index < -0.39 is 14.8 Å². The monoisotopic (exact) mass is 396 g/mol. The zero-order valence-corrected chi connectivity index (χ0v) is 16.2. The molecule has 1 saturated heterocycles. The van der Waals surface area contributed by atoms with Gasteiger partial charge in [0.25, 0.3) is 5.69 Å². The van der Waals surface area contributed by atoms with Gasteiger partial charge in [0.15, 0.2) is 9.84 Å². The Morgan fingerprint density at radius 1 is 1.07 bits per heavy atom. The highest BCUT2D eigenvalue weighted by Crippen LogP contribution is 2.42. The molecule has 0 amide bonds. The molecular weight excluding hydrogens is 376 g/mol. The van der Waals surface area contributed by atoms with Crippen LogP contribution < -0.4 is 4.90 Å². The van der Waals surface area contributed by atoms with E-state index in [-0.39, 0.29) is 16.6 Å². The number of rotatable bonds is 4. The molecule has 0 N–H and O–H groups in total. The molecule has 0 spiro atoms. The van der Waals surface area contributed by atoms with Crippen LogP contribution in [0.15, 0.2) is 65.6 Å². The number of benzene rings is 3. The standard InChI is InChI=1S/C21H20N2O4S/c1-28(26,27)16-11-12-20(21(14-16)23(24)25)22-13-5-10-19(22)18-9-4-7-15-6-2-3-8-17(15)18/h2-4,6-9,11-12,14,19H,5,10,13H2,1H3. The summed E-state index contributed by atoms with van der Waals surface area (Å²) >= 11 is 0. The lowest BCUT2D eigenvalue weighted by atomic mass is 9.97. The molecule has 0 aliphatic carbocycles. The van der Waals surface area contributed by atoms with Gasteiger partial charge in [-0.25, -0.2) is 8.42 Å². The average Bonchev–Trinajstić information content (AvgIpc) is 3.15. The Hall–Kier alpha value is -2.93. The molecule has 6 nitrogen and oxygen atoms in total. The molecule has 1 aliphatic heterocycles. The maximum Gasteiger partial charge on any atom is 0.293 e. The lowest BCUT2D eigenvalue weighted by molar-refractivity contribution is -0.384. The Bertz CT molecular complexity index is 1170. The first-order valence-corrected chi connectivity index (χ1v) is 11.0. The molecule has 1 fully saturated rings. The van der Waals surface area contributed by atoms with E-state index in [4.69, 9.17) is 0 Å². The summed E-state index contributed by atoms with van der Waals surface area (Å²) in [6, 6.07) is 18.5. The van der Waals surface area contributed by atoms with Gasteiger partial charge >= 0.3 is 0 Å². The van der Waals surface area contributed by atoms with E-state index in [1.165, 1.54) is 12.1 Å². The number of hydrogen-bond donors (Lipinski definition) is 0. The van der Waals surface area contributed by atoms with Gasteiger partial charge in [0.05, 0.1) is 15.9 Å². The topological polar surface area (TPSA) is 80.5 Å². The Kier molecular flexibility index (Phi) is 4.55. The van der Waals surface area contributed by atoms with Crippen LogP contribution >= 0.6 is 0 Å². The largest absolute Gasteiger partial charge is 0.359 e. The van der Waals surface area contributed by atoms with Gasteiger partial charge in [-0.3, -0.25) is 10.1 Å². The van der Waals surface area contributed by atoms with Crippen molar-refractivity contribution in [3.8, 4) is 0 Å². The highest BCUT2D eigenvalue weighted by Gasteiger charge is 2.32. The molecule has 28 heavy (non-hydrogen) atoms. The zero-order valence-electron chi connectivity index (χ0n) is 15.4. The van der Waals surface area contributed by atoms with Gasteiger partial charge in [-0.1, -0.05) is 42.5 Å². The van der Waals surface area contributed by atoms with Gasteiger partial charge in [-0.2, -0.15) is 0 Å². The van der Waals surface area contributed by atoms with Gasteiger partial charge in [0, 0.05) is 18.9 Å². The number of nitro benzene ring substituents is 1. The molecule has 1 atom stereocenters. The normalized spacial score (nSPS) is 17.2. The molecule has 4 rings (SSSR count). The molecule has 0 saturated carbocycles. The predicted molar refractivity (Wildman–Crippen MR) is 109 cm³/mol. The van der Waals surface area contributed by atoms with E-state index in [2.05, 4.69) is 24.3 Å². The van der Waals surface area contributed by atoms with Gasteiger partial charge in [-0.05, 0) is 41.3 Å². The molecule has 0 radical (unpaired) electrons. The minimum atomic E-state index is -3.52. The van der Waals surface area contributed by atoms with Crippen LogP contribution in [0.2, 0.25) is 0 Å². The number of anilines is 1. The Morgan fingerprint density at radius 2 is 1.82 bits per heavy atom. The first-order valence-electron chi connectivity index (χ1n) is 9.09. The van der Waals surface area contributed by atoms with Crippen LogP contribution in [0.25, 0.3) is 10.8 Å². The second-order valence-electron chi connectivity index (χ2n) is 7.10. The summed E-state index contributed by atoms with van der Waals surface area (Å²) in [4.78, 5) is 13.2. The molecule has 0 bridgehead atoms. The number of hydrogen-bond acceptors (Lipinski definition) is 5. The fourth-order valence-corrected chi connectivity index (χ4v) is 4.68. The van der Waals surface area contributed by atoms with Crippen molar-refractivity contribution in [2.24, 2.45) is 0 Å². The molecule has 0 aromatic heterocycles. The number of fused-ring (bicyclic) bond motifs is 1. The second kappa shape index (κ2) is 6.91. The first kappa shape index (κ1) is 18.4. The van der Waals surface area contributed by atoms with Crippen molar-refractivity contribution >= 4 is 32.0 Å². The van der Waals surface area contributed by atoms with Crippen molar-refractivity contribution < 1.29 is 13.3 Å². The van der Waals surface area contributed by atoms with E-state index in [1.807, 2.05) is 23.1 Å². The highest BCUT2D eigenvalue weighted by atomic mass is 32.2. The van der Waals surface area contributed by atoms with Crippen molar-refractivity contribution in [2.75, 3.05) is 17.7 Å². The lowest BCUT2D eigenvalue weighted by Crippen LogP contribution is -2.23. The molecule has 1 heterocycles. The van der Waals surface area contributed by atoms with Crippen molar-refractivity contribution in [1.82, 2.24) is 0 Å². The molecule has 7 heteroatoms. The maximum atomic E-state index is 11.8. The van der Waals surface area contributed by atoms with Gasteiger partial charge in [0.1, 0.15) is 5.69 Å². The summed E-state index contributed by atoms with van der Waals surface area (Å²) in [5.74, 6) is 0. The molecule has 144 valence electrons. The second-order valence-corrected chi connectivity index (χ2v) is 9.12. The number of nitrogens with zero attached hydrogens (tertiary/aromatic N) is 2. The Morgan fingerprint density at radius 3 is 2.57 bits per heavy atom. The number of sulfone groups is 1. The van der Waals surface area contributed by atoms with E-state index in [1.54, 1.807) is 6.07 Å². The van der Waals surface area contributed by atoms with Crippen LogP contribution in [0.5, 0.6) is 0 Å². The van der Waals surface area contributed by atoms with Crippen molar-refractivity contribution in [1.29, 1.82) is 0 Å². The molecule has 3 aromatic rings. The van der Waals surface area contributed by atoms with Crippen LogP contribution in [0.1, 0.15) is 24.4 Å². The third kappa shape index (κ3) is 3.22. The highest BCUT2D eigenvalue weighted by molar-refractivity contribution is 7.90. The molecule has 1 aliphatic rings. The molecule has 1 unspecified atom stereocenters. The van der Waals surface area contributed by atoms with Gasteiger partial charge in [0.2, 0.25) is 0 Å². The Labute approximate surface area is 163 Å². The summed E-state index contributed by atoms with van der Waals surface area (Å²) in [5.41, 5.74) is 1.43. The van der Waals surface area contributed by atoms with Crippen LogP contribution in [-0.4, -0.2) is 26.1 Å². The smallest absolute Gasteiger partial charge is 0.293 e. The molecule has 3 aromatic carbocycles. The predicted octanol–water partition coefficient (Wildman–Crippen LogP) is 4.49. The summed E-state index contributed by atoms with van der Waals surface area (Å²) in [6.45, 7) is 0.687. The fraction of sp³-hybridized carbons (Fsp3) is 0.238. The van der Waals surface area contributed by atoms with Crippen molar-refractivity contribution in [2.45, 2.75) is 23.8 Å². The molecular formula is C21H20N2O4S. The third-order valence-electron chi connectivity index (χ3n) is 5.32. The van der Waals surface area contributed by atoms with Gasteiger partial charge in [-0.15, -0.1) is 0 Å². The van der Waals surface area contributed by atoms with E-state index in [0.29, 0.717) is 12.2 Å².